The van der Waals surface area contributed by atoms with Gasteiger partial charge in [-0.25, -0.2) is 0 Å². The molecular formula is C10H5N2O5-. The molecule has 0 aliphatic carbocycles. The third-order valence-corrected chi connectivity index (χ3v) is 2.35. The van der Waals surface area contributed by atoms with Crippen LogP contribution in [0.1, 0.15) is 0 Å². The predicted octanol–water partition coefficient (Wildman–Crippen LogP) is 1.73. The minimum absolute atomic E-state index is 0.0200. The summed E-state index contributed by atoms with van der Waals surface area (Å²) < 4.78 is 0. The van der Waals surface area contributed by atoms with Crippen molar-refractivity contribution in [3.63, 3.8) is 0 Å². The van der Waals surface area contributed by atoms with Gasteiger partial charge >= 0.3 is 0 Å². The lowest BCUT2D eigenvalue weighted by Gasteiger charge is -2.10. The van der Waals surface area contributed by atoms with E-state index in [1.165, 1.54) is 24.3 Å². The largest absolute Gasteiger partial charge is 0.867 e. The fraction of sp³-hybridized carbons (Fsp3) is 0. The minimum atomic E-state index is -0.915. The maximum absolute atomic E-state index is 11.7. The maximum Gasteiger partial charge on any atom is 0.284 e. The Bertz CT molecular complexity index is 638. The van der Waals surface area contributed by atoms with Gasteiger partial charge in [-0.2, -0.15) is 0 Å². The Hall–Kier alpha value is -2.70. The lowest BCUT2D eigenvalue weighted by molar-refractivity contribution is -0.402. The quantitative estimate of drug-likeness (QED) is 0.579. The van der Waals surface area contributed by atoms with Crippen molar-refractivity contribution in [1.29, 1.82) is 0 Å². The summed E-state index contributed by atoms with van der Waals surface area (Å²) in [5, 5.41) is 33.2. The molecule has 0 amide bonds. The van der Waals surface area contributed by atoms with E-state index < -0.39 is 27.0 Å². The molecule has 0 fully saturated rings. The van der Waals surface area contributed by atoms with Crippen molar-refractivity contribution in [3.8, 4) is 5.75 Å². The Balaban J connectivity index is 2.94. The van der Waals surface area contributed by atoms with Gasteiger partial charge in [-0.15, -0.1) is 0 Å². The summed E-state index contributed by atoms with van der Waals surface area (Å²) in [6.45, 7) is 0. The minimum Gasteiger partial charge on any atom is -0.867 e. The first-order valence-corrected chi connectivity index (χ1v) is 4.54. The molecule has 0 bridgehead atoms. The molecule has 17 heavy (non-hydrogen) atoms. The number of rotatable bonds is 2. The van der Waals surface area contributed by atoms with E-state index in [4.69, 9.17) is 0 Å². The van der Waals surface area contributed by atoms with E-state index in [2.05, 4.69) is 0 Å². The average molecular weight is 233 g/mol. The molecule has 2 rings (SSSR count). The molecule has 0 aliphatic rings. The summed E-state index contributed by atoms with van der Waals surface area (Å²) in [6, 6.07) is 6.44. The monoisotopic (exact) mass is 233 g/mol. The van der Waals surface area contributed by atoms with Crippen molar-refractivity contribution in [2.75, 3.05) is 0 Å². The van der Waals surface area contributed by atoms with Crippen LogP contribution in [0.3, 0.4) is 0 Å². The van der Waals surface area contributed by atoms with Crippen molar-refractivity contribution in [2.45, 2.75) is 0 Å². The lowest BCUT2D eigenvalue weighted by Crippen LogP contribution is -2.01. The van der Waals surface area contributed by atoms with Gasteiger partial charge in [-0.3, -0.25) is 20.2 Å². The second-order valence-electron chi connectivity index (χ2n) is 3.30. The number of nitro benzene ring substituents is 2. The Morgan fingerprint density at radius 2 is 1.41 bits per heavy atom. The molecule has 0 aromatic heterocycles. The molecule has 0 saturated carbocycles. The topological polar surface area (TPSA) is 109 Å². The Kier molecular flexibility index (Phi) is 2.36. The van der Waals surface area contributed by atoms with Crippen molar-refractivity contribution in [2.24, 2.45) is 0 Å². The van der Waals surface area contributed by atoms with Crippen LogP contribution >= 0.6 is 0 Å². The van der Waals surface area contributed by atoms with Gasteiger partial charge in [0.2, 0.25) is 0 Å². The van der Waals surface area contributed by atoms with Crippen LogP contribution in [-0.2, 0) is 0 Å². The molecule has 0 radical (unpaired) electrons. The predicted molar refractivity (Wildman–Crippen MR) is 56.7 cm³/mol. The van der Waals surface area contributed by atoms with Gasteiger partial charge in [-0.05, 0) is 17.2 Å². The Morgan fingerprint density at radius 3 is 1.94 bits per heavy atom. The van der Waals surface area contributed by atoms with E-state index in [-0.39, 0.29) is 10.8 Å². The van der Waals surface area contributed by atoms with Gasteiger partial charge < -0.3 is 5.11 Å². The van der Waals surface area contributed by atoms with Crippen LogP contribution in [-0.4, -0.2) is 9.85 Å². The van der Waals surface area contributed by atoms with Gasteiger partial charge in [0.15, 0.2) is 0 Å². The van der Waals surface area contributed by atoms with Gasteiger partial charge in [0, 0.05) is 0 Å². The lowest BCUT2D eigenvalue weighted by atomic mass is 10.1. The van der Waals surface area contributed by atoms with Crippen LogP contribution < -0.4 is 5.11 Å². The summed E-state index contributed by atoms with van der Waals surface area (Å²) in [6.07, 6.45) is 0. The average Bonchev–Trinajstić information content (AvgIpc) is 2.29. The van der Waals surface area contributed by atoms with Gasteiger partial charge in [0.05, 0.1) is 21.3 Å². The highest BCUT2D eigenvalue weighted by molar-refractivity contribution is 5.98. The molecule has 86 valence electrons. The number of nitrogens with zero attached hydrogens (tertiary/aromatic N) is 2. The van der Waals surface area contributed by atoms with E-state index in [0.29, 0.717) is 6.07 Å². The Labute approximate surface area is 94.2 Å². The summed E-state index contributed by atoms with van der Waals surface area (Å²) in [5.41, 5.74) is -1.22. The van der Waals surface area contributed by atoms with Crippen molar-refractivity contribution < 1.29 is 15.0 Å². The highest BCUT2D eigenvalue weighted by Gasteiger charge is 2.20. The second-order valence-corrected chi connectivity index (χ2v) is 3.30. The number of non-ortho nitro benzene ring substituents is 1. The van der Waals surface area contributed by atoms with Crippen LogP contribution in [0.15, 0.2) is 30.3 Å². The zero-order chi connectivity index (χ0) is 12.6. The first kappa shape index (κ1) is 10.8. The van der Waals surface area contributed by atoms with Crippen LogP contribution in [0.2, 0.25) is 0 Å². The summed E-state index contributed by atoms with van der Waals surface area (Å²) in [5.74, 6) is -0.809. The van der Waals surface area contributed by atoms with Crippen molar-refractivity contribution in [3.05, 3.63) is 50.6 Å². The molecule has 0 atom stereocenters. The first-order valence-electron chi connectivity index (χ1n) is 4.54. The molecule has 0 aliphatic heterocycles. The van der Waals surface area contributed by atoms with E-state index >= 15 is 0 Å². The van der Waals surface area contributed by atoms with E-state index in [0.717, 1.165) is 0 Å². The number of hydrogen-bond donors (Lipinski definition) is 0. The first-order chi connectivity index (χ1) is 8.02. The molecule has 0 unspecified atom stereocenters. The van der Waals surface area contributed by atoms with Crippen LogP contribution in [0.5, 0.6) is 5.75 Å². The van der Waals surface area contributed by atoms with Crippen molar-refractivity contribution in [1.82, 2.24) is 0 Å². The molecule has 2 aromatic carbocycles. The van der Waals surface area contributed by atoms with Crippen LogP contribution in [0.25, 0.3) is 10.8 Å². The third-order valence-electron chi connectivity index (χ3n) is 2.35. The molecule has 0 heterocycles. The summed E-state index contributed by atoms with van der Waals surface area (Å²) in [7, 11) is 0. The molecule has 0 spiro atoms. The number of benzene rings is 2. The van der Waals surface area contributed by atoms with Crippen molar-refractivity contribution >= 4 is 22.1 Å². The van der Waals surface area contributed by atoms with E-state index in [1.54, 1.807) is 0 Å². The second kappa shape index (κ2) is 3.71. The van der Waals surface area contributed by atoms with Gasteiger partial charge in [-0.1, -0.05) is 18.2 Å². The number of fused-ring (bicyclic) bond motifs is 1. The highest BCUT2D eigenvalue weighted by Crippen LogP contribution is 2.38. The number of hydrogen-bond acceptors (Lipinski definition) is 5. The molecule has 0 saturated heterocycles. The molecule has 2 aromatic rings. The Morgan fingerprint density at radius 1 is 0.882 bits per heavy atom. The fourth-order valence-corrected chi connectivity index (χ4v) is 1.60. The smallest absolute Gasteiger partial charge is 0.284 e. The number of nitro groups is 2. The normalized spacial score (nSPS) is 10.4. The maximum atomic E-state index is 11.7. The van der Waals surface area contributed by atoms with E-state index in [1.807, 2.05) is 0 Å². The zero-order valence-corrected chi connectivity index (χ0v) is 8.32. The van der Waals surface area contributed by atoms with E-state index in [9.17, 15) is 25.3 Å². The van der Waals surface area contributed by atoms with Crippen LogP contribution in [0.4, 0.5) is 11.4 Å². The highest BCUT2D eigenvalue weighted by atomic mass is 16.6. The molecular weight excluding hydrogens is 228 g/mol. The summed E-state index contributed by atoms with van der Waals surface area (Å²) in [4.78, 5) is 19.7. The third kappa shape index (κ3) is 1.63. The zero-order valence-electron chi connectivity index (χ0n) is 8.32. The van der Waals surface area contributed by atoms with Crippen LogP contribution in [0, 0.1) is 20.2 Å². The van der Waals surface area contributed by atoms with Gasteiger partial charge in [0.1, 0.15) is 0 Å². The molecule has 7 nitrogen and oxygen atoms in total. The molecule has 0 N–H and O–H groups in total. The SMILES string of the molecule is O=[N+]([O-])c1cc([N+](=O)[O-])c2ccccc2c1[O-]. The fourth-order valence-electron chi connectivity index (χ4n) is 1.60. The molecule has 7 heteroatoms. The summed E-state index contributed by atoms with van der Waals surface area (Å²) >= 11 is 0. The van der Waals surface area contributed by atoms with Gasteiger partial charge in [0.25, 0.3) is 11.4 Å². The standard InChI is InChI=1S/C10H6N2O5/c13-10-7-4-2-1-3-6(7)8(11(14)15)5-9(10)12(16)17/h1-5,13H/p-1.